The molecule has 0 spiro atoms. The fourth-order valence-electron chi connectivity index (χ4n) is 1.97. The lowest BCUT2D eigenvalue weighted by Gasteiger charge is -2.25. The zero-order valence-corrected chi connectivity index (χ0v) is 12.5. The van der Waals surface area contributed by atoms with Crippen molar-refractivity contribution in [2.45, 2.75) is 32.7 Å². The number of nitriles is 2. The Morgan fingerprint density at radius 2 is 2.00 bits per heavy atom. The SMILES string of the molecule is CC(C)N(CCC#N)CCC(=O)Nc1ccccc1C#N. The minimum Gasteiger partial charge on any atom is -0.325 e. The van der Waals surface area contributed by atoms with Crippen molar-refractivity contribution >= 4 is 11.6 Å². The van der Waals surface area contributed by atoms with Gasteiger partial charge in [0.15, 0.2) is 0 Å². The van der Waals surface area contributed by atoms with E-state index in [1.807, 2.05) is 13.8 Å². The standard InChI is InChI=1S/C16H20N4O/c1-13(2)20(10-5-9-17)11-8-16(21)19-15-7-4-3-6-14(15)12-18/h3-4,6-7,13H,5,8,10-11H2,1-2H3,(H,19,21). The molecule has 0 aliphatic carbocycles. The van der Waals surface area contributed by atoms with E-state index in [4.69, 9.17) is 10.5 Å². The van der Waals surface area contributed by atoms with Crippen LogP contribution < -0.4 is 5.32 Å². The van der Waals surface area contributed by atoms with E-state index in [1.165, 1.54) is 0 Å². The molecule has 1 aromatic rings. The first kappa shape index (κ1) is 16.7. The van der Waals surface area contributed by atoms with Crippen molar-refractivity contribution < 1.29 is 4.79 Å². The van der Waals surface area contributed by atoms with E-state index in [-0.39, 0.29) is 11.9 Å². The number of hydrogen-bond acceptors (Lipinski definition) is 4. The maximum absolute atomic E-state index is 12.0. The van der Waals surface area contributed by atoms with Gasteiger partial charge in [-0.2, -0.15) is 10.5 Å². The molecule has 0 saturated carbocycles. The Bertz CT molecular complexity index is 554. The van der Waals surface area contributed by atoms with Gasteiger partial charge in [0, 0.05) is 32.0 Å². The number of benzene rings is 1. The molecule has 1 amide bonds. The monoisotopic (exact) mass is 284 g/mol. The van der Waals surface area contributed by atoms with E-state index < -0.39 is 0 Å². The summed E-state index contributed by atoms with van der Waals surface area (Å²) in [4.78, 5) is 14.1. The largest absolute Gasteiger partial charge is 0.325 e. The van der Waals surface area contributed by atoms with Crippen molar-refractivity contribution in [3.8, 4) is 12.1 Å². The van der Waals surface area contributed by atoms with Crippen LogP contribution in [0.1, 0.15) is 32.3 Å². The number of carbonyl (C=O) groups is 1. The van der Waals surface area contributed by atoms with E-state index >= 15 is 0 Å². The molecule has 110 valence electrons. The highest BCUT2D eigenvalue weighted by Gasteiger charge is 2.12. The van der Waals surface area contributed by atoms with Crippen LogP contribution in [-0.2, 0) is 4.79 Å². The van der Waals surface area contributed by atoms with E-state index in [2.05, 4.69) is 22.4 Å². The second-order valence-corrected chi connectivity index (χ2v) is 4.99. The summed E-state index contributed by atoms with van der Waals surface area (Å²) < 4.78 is 0. The van der Waals surface area contributed by atoms with Gasteiger partial charge in [-0.05, 0) is 26.0 Å². The highest BCUT2D eigenvalue weighted by atomic mass is 16.1. The molecule has 0 bridgehead atoms. The Kier molecular flexibility index (Phi) is 6.94. The Morgan fingerprint density at radius 3 is 2.62 bits per heavy atom. The first-order valence-electron chi connectivity index (χ1n) is 6.98. The van der Waals surface area contributed by atoms with Crippen LogP contribution in [0.2, 0.25) is 0 Å². The Labute approximate surface area is 125 Å². The summed E-state index contributed by atoms with van der Waals surface area (Å²) in [6, 6.07) is 11.4. The first-order valence-corrected chi connectivity index (χ1v) is 6.98. The molecule has 0 saturated heterocycles. The average molecular weight is 284 g/mol. The second-order valence-electron chi connectivity index (χ2n) is 4.99. The van der Waals surface area contributed by atoms with Gasteiger partial charge in [-0.1, -0.05) is 12.1 Å². The molecule has 1 rings (SSSR count). The van der Waals surface area contributed by atoms with Gasteiger partial charge in [-0.3, -0.25) is 9.69 Å². The normalized spacial score (nSPS) is 10.2. The third-order valence-electron chi connectivity index (χ3n) is 3.19. The maximum atomic E-state index is 12.0. The Hall–Kier alpha value is -2.37. The summed E-state index contributed by atoms with van der Waals surface area (Å²) in [6.07, 6.45) is 0.792. The predicted molar refractivity (Wildman–Crippen MR) is 81.3 cm³/mol. The second kappa shape index (κ2) is 8.73. The summed E-state index contributed by atoms with van der Waals surface area (Å²) in [7, 11) is 0. The lowest BCUT2D eigenvalue weighted by Crippen LogP contribution is -2.34. The zero-order chi connectivity index (χ0) is 15.7. The number of carbonyl (C=O) groups excluding carboxylic acids is 1. The molecule has 0 unspecified atom stereocenters. The van der Waals surface area contributed by atoms with Crippen LogP contribution in [0.4, 0.5) is 5.69 Å². The molecule has 0 aromatic heterocycles. The number of nitrogens with zero attached hydrogens (tertiary/aromatic N) is 3. The van der Waals surface area contributed by atoms with Crippen molar-refractivity contribution in [2.75, 3.05) is 18.4 Å². The van der Waals surface area contributed by atoms with Crippen LogP contribution >= 0.6 is 0 Å². The van der Waals surface area contributed by atoms with Gasteiger partial charge in [0.1, 0.15) is 6.07 Å². The molecular weight excluding hydrogens is 264 g/mol. The molecule has 0 aliphatic heterocycles. The fourth-order valence-corrected chi connectivity index (χ4v) is 1.97. The average Bonchev–Trinajstić information content (AvgIpc) is 2.47. The van der Waals surface area contributed by atoms with Crippen molar-refractivity contribution in [1.29, 1.82) is 10.5 Å². The van der Waals surface area contributed by atoms with Crippen LogP contribution in [0, 0.1) is 22.7 Å². The molecule has 1 N–H and O–H groups in total. The zero-order valence-electron chi connectivity index (χ0n) is 12.5. The summed E-state index contributed by atoms with van der Waals surface area (Å²) in [5.41, 5.74) is 0.995. The van der Waals surface area contributed by atoms with Crippen molar-refractivity contribution in [3.63, 3.8) is 0 Å². The quantitative estimate of drug-likeness (QED) is 0.834. The van der Waals surface area contributed by atoms with E-state index in [0.717, 1.165) is 0 Å². The molecule has 1 aromatic carbocycles. The minimum absolute atomic E-state index is 0.125. The highest BCUT2D eigenvalue weighted by Crippen LogP contribution is 2.13. The number of nitrogens with one attached hydrogen (secondary N) is 1. The molecule has 5 nitrogen and oxygen atoms in total. The minimum atomic E-state index is -0.125. The van der Waals surface area contributed by atoms with E-state index in [9.17, 15) is 4.79 Å². The summed E-state index contributed by atoms with van der Waals surface area (Å²) >= 11 is 0. The third-order valence-corrected chi connectivity index (χ3v) is 3.19. The van der Waals surface area contributed by atoms with Gasteiger partial charge in [0.05, 0.1) is 17.3 Å². The van der Waals surface area contributed by atoms with Crippen LogP contribution in [0.5, 0.6) is 0 Å². The van der Waals surface area contributed by atoms with Crippen molar-refractivity contribution in [3.05, 3.63) is 29.8 Å². The topological polar surface area (TPSA) is 79.9 Å². The summed E-state index contributed by atoms with van der Waals surface area (Å²) in [6.45, 7) is 5.34. The lowest BCUT2D eigenvalue weighted by molar-refractivity contribution is -0.116. The molecule has 5 heteroatoms. The molecule has 0 fully saturated rings. The highest BCUT2D eigenvalue weighted by molar-refractivity contribution is 5.92. The van der Waals surface area contributed by atoms with Crippen molar-refractivity contribution in [1.82, 2.24) is 4.90 Å². The van der Waals surface area contributed by atoms with E-state index in [1.54, 1.807) is 24.3 Å². The maximum Gasteiger partial charge on any atom is 0.225 e. The number of anilines is 1. The van der Waals surface area contributed by atoms with Crippen LogP contribution in [-0.4, -0.2) is 29.9 Å². The van der Waals surface area contributed by atoms with Crippen LogP contribution in [0.3, 0.4) is 0 Å². The van der Waals surface area contributed by atoms with Gasteiger partial charge in [-0.15, -0.1) is 0 Å². The third kappa shape index (κ3) is 5.64. The molecular formula is C16H20N4O. The number of para-hydroxylation sites is 1. The molecule has 0 aliphatic rings. The van der Waals surface area contributed by atoms with Crippen molar-refractivity contribution in [2.24, 2.45) is 0 Å². The van der Waals surface area contributed by atoms with Gasteiger partial charge < -0.3 is 5.32 Å². The van der Waals surface area contributed by atoms with Crippen LogP contribution in [0.15, 0.2) is 24.3 Å². The van der Waals surface area contributed by atoms with Gasteiger partial charge >= 0.3 is 0 Å². The smallest absolute Gasteiger partial charge is 0.225 e. The van der Waals surface area contributed by atoms with Gasteiger partial charge in [0.2, 0.25) is 5.91 Å². The van der Waals surface area contributed by atoms with E-state index in [0.29, 0.717) is 37.2 Å². The molecule has 21 heavy (non-hydrogen) atoms. The fraction of sp³-hybridized carbons (Fsp3) is 0.438. The Balaban J connectivity index is 2.54. The molecule has 0 radical (unpaired) electrons. The number of rotatable bonds is 7. The Morgan fingerprint density at radius 1 is 1.29 bits per heavy atom. The molecule has 0 heterocycles. The number of hydrogen-bond donors (Lipinski definition) is 1. The lowest BCUT2D eigenvalue weighted by atomic mass is 10.2. The van der Waals surface area contributed by atoms with Gasteiger partial charge in [-0.25, -0.2) is 0 Å². The summed E-state index contributed by atoms with van der Waals surface area (Å²) in [5, 5.41) is 20.4. The predicted octanol–water partition coefficient (Wildman–Crippen LogP) is 2.51. The van der Waals surface area contributed by atoms with Crippen LogP contribution in [0.25, 0.3) is 0 Å². The molecule has 0 atom stereocenters. The summed E-state index contributed by atoms with van der Waals surface area (Å²) in [5.74, 6) is -0.125. The first-order chi connectivity index (χ1) is 10.1. The van der Waals surface area contributed by atoms with Gasteiger partial charge in [0.25, 0.3) is 0 Å². The number of amides is 1.